The smallest absolute Gasteiger partial charge is 0.341 e. The van der Waals surface area contributed by atoms with Crippen molar-refractivity contribution in [3.63, 3.8) is 0 Å². The van der Waals surface area contributed by atoms with Crippen LogP contribution in [0, 0.1) is 25.2 Å². The number of aliphatic imine (C=N–C) groups is 1. The van der Waals surface area contributed by atoms with Crippen LogP contribution in [0.15, 0.2) is 4.99 Å². The molecular weight excluding hydrogens is 326 g/mol. The summed E-state index contributed by atoms with van der Waals surface area (Å²) in [5, 5.41) is 0.494. The highest BCUT2D eigenvalue weighted by molar-refractivity contribution is 7.16. The van der Waals surface area contributed by atoms with E-state index >= 15 is 0 Å². The van der Waals surface area contributed by atoms with E-state index in [4.69, 9.17) is 4.74 Å². The van der Waals surface area contributed by atoms with Gasteiger partial charge in [-0.2, -0.15) is 0 Å². The Morgan fingerprint density at radius 1 is 1.29 bits per heavy atom. The quantitative estimate of drug-likeness (QED) is 0.470. The monoisotopic (exact) mass is 349 g/mol. The van der Waals surface area contributed by atoms with Gasteiger partial charge in [-0.15, -0.1) is 11.3 Å². The van der Waals surface area contributed by atoms with Crippen molar-refractivity contribution in [3.8, 4) is 0 Å². The van der Waals surface area contributed by atoms with Gasteiger partial charge in [0, 0.05) is 23.9 Å². The summed E-state index contributed by atoms with van der Waals surface area (Å²) in [6, 6.07) is 0. The van der Waals surface area contributed by atoms with Crippen LogP contribution >= 0.6 is 11.3 Å². The fourth-order valence-electron chi connectivity index (χ4n) is 2.86. The number of ether oxygens (including phenoxy) is 1. The molecule has 1 aromatic heterocycles. The summed E-state index contributed by atoms with van der Waals surface area (Å²) in [5.74, 6) is -1.45. The standard InChI is InChI=1S/C18H23NO4S/c1-6-23-17(22)15-10(2)11(3)24-16(15)19-9-12-13(20)7-18(4,5)8-14(12)21/h9,12H,6-8H2,1-5H3. The predicted molar refractivity (Wildman–Crippen MR) is 94.4 cm³/mol. The lowest BCUT2D eigenvalue weighted by Gasteiger charge is -2.30. The van der Waals surface area contributed by atoms with Crippen molar-refractivity contribution in [2.45, 2.75) is 47.5 Å². The molecule has 0 unspecified atom stereocenters. The second kappa shape index (κ2) is 6.97. The number of carbonyl (C=O) groups is 3. The summed E-state index contributed by atoms with van der Waals surface area (Å²) < 4.78 is 5.08. The molecule has 0 spiro atoms. The highest BCUT2D eigenvalue weighted by Crippen LogP contribution is 2.37. The van der Waals surface area contributed by atoms with Crippen molar-refractivity contribution in [1.29, 1.82) is 0 Å². The minimum Gasteiger partial charge on any atom is -0.462 e. The maximum atomic E-state index is 12.2. The van der Waals surface area contributed by atoms with Gasteiger partial charge in [0.05, 0.1) is 12.2 Å². The molecule has 0 N–H and O–H groups in total. The molecule has 0 radical (unpaired) electrons. The van der Waals surface area contributed by atoms with E-state index in [-0.39, 0.29) is 23.6 Å². The molecule has 0 saturated heterocycles. The zero-order valence-electron chi connectivity index (χ0n) is 14.8. The van der Waals surface area contributed by atoms with Crippen LogP contribution in [0.25, 0.3) is 0 Å². The van der Waals surface area contributed by atoms with E-state index in [1.807, 2.05) is 27.7 Å². The molecule has 0 amide bonds. The maximum Gasteiger partial charge on any atom is 0.341 e. The SMILES string of the molecule is CCOC(=O)c1c(N=CC2C(=O)CC(C)(C)CC2=O)sc(C)c1C. The fraction of sp³-hybridized carbons (Fsp3) is 0.556. The number of aryl methyl sites for hydroxylation is 1. The molecule has 2 rings (SSSR count). The van der Waals surface area contributed by atoms with Gasteiger partial charge in [-0.25, -0.2) is 9.79 Å². The third-order valence-corrected chi connectivity index (χ3v) is 5.30. The molecule has 0 bridgehead atoms. The Morgan fingerprint density at radius 3 is 2.42 bits per heavy atom. The van der Waals surface area contributed by atoms with E-state index in [0.717, 1.165) is 10.4 Å². The molecule has 1 heterocycles. The summed E-state index contributed by atoms with van der Waals surface area (Å²) in [6.07, 6.45) is 2.12. The van der Waals surface area contributed by atoms with E-state index in [9.17, 15) is 14.4 Å². The van der Waals surface area contributed by atoms with Gasteiger partial charge < -0.3 is 4.74 Å². The van der Waals surface area contributed by atoms with Gasteiger partial charge in [0.1, 0.15) is 22.5 Å². The van der Waals surface area contributed by atoms with Gasteiger partial charge in [0.25, 0.3) is 0 Å². The van der Waals surface area contributed by atoms with E-state index in [0.29, 0.717) is 23.4 Å². The van der Waals surface area contributed by atoms with Gasteiger partial charge in [-0.3, -0.25) is 9.59 Å². The highest BCUT2D eigenvalue weighted by Gasteiger charge is 2.38. The molecule has 1 fully saturated rings. The van der Waals surface area contributed by atoms with Crippen molar-refractivity contribution in [2.24, 2.45) is 16.3 Å². The summed E-state index contributed by atoms with van der Waals surface area (Å²) in [6.45, 7) is 9.61. The summed E-state index contributed by atoms with van der Waals surface area (Å²) >= 11 is 1.36. The first-order chi connectivity index (χ1) is 11.2. The lowest BCUT2D eigenvalue weighted by Crippen LogP contribution is -2.38. The van der Waals surface area contributed by atoms with Crippen molar-refractivity contribution in [2.75, 3.05) is 6.61 Å². The van der Waals surface area contributed by atoms with Gasteiger partial charge in [-0.1, -0.05) is 13.8 Å². The summed E-state index contributed by atoms with van der Waals surface area (Å²) in [5.41, 5.74) is 0.963. The van der Waals surface area contributed by atoms with Crippen LogP contribution in [0.4, 0.5) is 5.00 Å². The van der Waals surface area contributed by atoms with Crippen molar-refractivity contribution in [3.05, 3.63) is 16.0 Å². The topological polar surface area (TPSA) is 72.8 Å². The van der Waals surface area contributed by atoms with E-state index in [2.05, 4.69) is 4.99 Å². The third kappa shape index (κ3) is 3.80. The fourth-order valence-corrected chi connectivity index (χ4v) is 3.85. The minimum absolute atomic E-state index is 0.109. The number of carbonyl (C=O) groups excluding carboxylic acids is 3. The van der Waals surface area contributed by atoms with E-state index < -0.39 is 11.9 Å². The van der Waals surface area contributed by atoms with Crippen LogP contribution in [-0.4, -0.2) is 30.4 Å². The van der Waals surface area contributed by atoms with Crippen molar-refractivity contribution >= 4 is 40.1 Å². The lowest BCUT2D eigenvalue weighted by molar-refractivity contribution is -0.136. The summed E-state index contributed by atoms with van der Waals surface area (Å²) in [4.78, 5) is 41.9. The number of thiophene rings is 1. The summed E-state index contributed by atoms with van der Waals surface area (Å²) in [7, 11) is 0. The Hall–Kier alpha value is -1.82. The first-order valence-corrected chi connectivity index (χ1v) is 8.84. The Morgan fingerprint density at radius 2 is 1.88 bits per heavy atom. The second-order valence-electron chi connectivity index (χ2n) is 6.89. The van der Waals surface area contributed by atoms with Gasteiger partial charge >= 0.3 is 5.97 Å². The van der Waals surface area contributed by atoms with Crippen LogP contribution in [0.3, 0.4) is 0 Å². The molecule has 130 valence electrons. The Labute approximate surface area is 146 Å². The van der Waals surface area contributed by atoms with Crippen LogP contribution in [-0.2, 0) is 14.3 Å². The number of esters is 1. The number of ketones is 2. The maximum absolute atomic E-state index is 12.2. The predicted octanol–water partition coefficient (Wildman–Crippen LogP) is 3.82. The zero-order valence-corrected chi connectivity index (χ0v) is 15.6. The lowest BCUT2D eigenvalue weighted by atomic mass is 9.72. The third-order valence-electron chi connectivity index (χ3n) is 4.19. The molecule has 1 aliphatic carbocycles. The molecule has 1 saturated carbocycles. The molecule has 1 aliphatic rings. The molecular formula is C18H23NO4S. The van der Waals surface area contributed by atoms with Gasteiger partial charge in [0.2, 0.25) is 0 Å². The van der Waals surface area contributed by atoms with Crippen molar-refractivity contribution < 1.29 is 19.1 Å². The molecule has 0 aromatic carbocycles. The Bertz CT molecular complexity index is 695. The second-order valence-corrected chi connectivity index (χ2v) is 8.09. The van der Waals surface area contributed by atoms with Crippen LogP contribution < -0.4 is 0 Å². The largest absolute Gasteiger partial charge is 0.462 e. The first kappa shape index (κ1) is 18.5. The van der Waals surface area contributed by atoms with Gasteiger partial charge in [-0.05, 0) is 31.7 Å². The highest BCUT2D eigenvalue weighted by atomic mass is 32.1. The Kier molecular flexibility index (Phi) is 5.38. The molecule has 0 atom stereocenters. The van der Waals surface area contributed by atoms with E-state index in [1.165, 1.54) is 17.6 Å². The normalized spacial score (nSPS) is 18.4. The number of Topliss-reactive ketones (excluding diaryl/α,β-unsaturated/α-hetero) is 2. The number of hydrogen-bond donors (Lipinski definition) is 0. The van der Waals surface area contributed by atoms with Crippen molar-refractivity contribution in [1.82, 2.24) is 0 Å². The van der Waals surface area contributed by atoms with Crippen LogP contribution in [0.2, 0.25) is 0 Å². The Balaban J connectivity index is 2.30. The molecule has 0 aliphatic heterocycles. The van der Waals surface area contributed by atoms with Crippen LogP contribution in [0.5, 0.6) is 0 Å². The molecule has 24 heavy (non-hydrogen) atoms. The van der Waals surface area contributed by atoms with E-state index in [1.54, 1.807) is 6.92 Å². The minimum atomic E-state index is -0.809. The van der Waals surface area contributed by atoms with Gasteiger partial charge in [0.15, 0.2) is 0 Å². The van der Waals surface area contributed by atoms with Crippen LogP contribution in [0.1, 0.15) is 54.4 Å². The average Bonchev–Trinajstić information content (AvgIpc) is 2.72. The number of rotatable bonds is 4. The first-order valence-electron chi connectivity index (χ1n) is 8.03. The molecule has 6 heteroatoms. The average molecular weight is 349 g/mol. The molecule has 5 nitrogen and oxygen atoms in total. The number of hydrogen-bond acceptors (Lipinski definition) is 6. The number of nitrogens with zero attached hydrogens (tertiary/aromatic N) is 1. The molecule has 1 aromatic rings. The zero-order chi connectivity index (χ0) is 18.1.